The van der Waals surface area contributed by atoms with Gasteiger partial charge in [0.1, 0.15) is 17.8 Å². The topological polar surface area (TPSA) is 49.3 Å². The normalized spacial score (nSPS) is 20.9. The Balaban J connectivity index is 1.41. The zero-order valence-electron chi connectivity index (χ0n) is 15.0. The summed E-state index contributed by atoms with van der Waals surface area (Å²) in [6, 6.07) is 0.969. The summed E-state index contributed by atoms with van der Waals surface area (Å²) in [5.41, 5.74) is -0.940. The average molecular weight is 421 g/mol. The lowest BCUT2D eigenvalue weighted by Gasteiger charge is -2.35. The molecular weight excluding hydrogens is 397 g/mol. The number of halogens is 3. The highest BCUT2D eigenvalue weighted by Crippen LogP contribution is 2.39. The van der Waals surface area contributed by atoms with Gasteiger partial charge >= 0.3 is 6.18 Å². The van der Waals surface area contributed by atoms with Gasteiger partial charge in [0.15, 0.2) is 0 Å². The van der Waals surface area contributed by atoms with E-state index in [4.69, 9.17) is 0 Å². The molecule has 0 spiro atoms. The molecule has 2 fully saturated rings. The van der Waals surface area contributed by atoms with Crippen LogP contribution in [0.15, 0.2) is 12.4 Å². The lowest BCUT2D eigenvalue weighted by atomic mass is 10.1. The van der Waals surface area contributed by atoms with Crippen LogP contribution in [0.1, 0.15) is 37.8 Å². The molecule has 1 aromatic heterocycles. The van der Waals surface area contributed by atoms with Crippen molar-refractivity contribution < 1.29 is 18.0 Å². The summed E-state index contributed by atoms with van der Waals surface area (Å²) in [7, 11) is 3.90. The number of carbonyl (C=O) groups is 1. The van der Waals surface area contributed by atoms with E-state index in [0.717, 1.165) is 30.5 Å². The van der Waals surface area contributed by atoms with E-state index in [-0.39, 0.29) is 11.7 Å². The molecule has 3 heterocycles. The Morgan fingerprint density at radius 2 is 1.96 bits per heavy atom. The minimum absolute atomic E-state index is 0.141. The lowest BCUT2D eigenvalue weighted by molar-refractivity contribution is -0.141. The fourth-order valence-electron chi connectivity index (χ4n) is 3.23. The van der Waals surface area contributed by atoms with Crippen LogP contribution in [0.25, 0.3) is 0 Å². The second kappa shape index (κ2) is 9.36. The molecule has 1 atom stereocenters. The molecule has 27 heavy (non-hydrogen) atoms. The summed E-state index contributed by atoms with van der Waals surface area (Å²) in [4.78, 5) is 23.2. The molecule has 2 aliphatic rings. The Kier molecular flexibility index (Phi) is 7.13. The van der Waals surface area contributed by atoms with Crippen LogP contribution in [0.4, 0.5) is 19.0 Å². The van der Waals surface area contributed by atoms with Gasteiger partial charge in [0.2, 0.25) is 5.91 Å². The molecular formula is C17H23F3N4OS2. The van der Waals surface area contributed by atoms with Gasteiger partial charge in [-0.1, -0.05) is 28.0 Å². The van der Waals surface area contributed by atoms with Crippen LogP contribution in [-0.4, -0.2) is 58.0 Å². The molecule has 3 rings (SSSR count). The predicted octanol–water partition coefficient (Wildman–Crippen LogP) is 3.86. The molecule has 0 N–H and O–H groups in total. The number of carbonyl (C=O) groups excluding carboxylic acids is 1. The number of unbranched alkanes of at least 4 members (excludes halogenated alkanes) is 1. The Morgan fingerprint density at radius 1 is 1.19 bits per heavy atom. The Labute approximate surface area is 164 Å². The van der Waals surface area contributed by atoms with E-state index in [1.54, 1.807) is 4.90 Å². The molecule has 1 aromatic rings. The van der Waals surface area contributed by atoms with Gasteiger partial charge in [-0.3, -0.25) is 4.79 Å². The molecule has 2 saturated heterocycles. The van der Waals surface area contributed by atoms with Crippen LogP contribution in [0.2, 0.25) is 0 Å². The van der Waals surface area contributed by atoms with Gasteiger partial charge in [-0.2, -0.15) is 13.2 Å². The van der Waals surface area contributed by atoms with Gasteiger partial charge in [0.25, 0.3) is 0 Å². The number of hydrogen-bond donors (Lipinski definition) is 0. The van der Waals surface area contributed by atoms with Crippen LogP contribution in [0.5, 0.6) is 0 Å². The predicted molar refractivity (Wildman–Crippen MR) is 103 cm³/mol. The van der Waals surface area contributed by atoms with Crippen molar-refractivity contribution in [3.8, 4) is 0 Å². The number of aromatic nitrogens is 2. The monoisotopic (exact) mass is 420 g/mol. The smallest absolute Gasteiger partial charge is 0.353 e. The summed E-state index contributed by atoms with van der Waals surface area (Å²) in [5, 5.41) is 0.739. The first kappa shape index (κ1) is 20.6. The molecule has 1 amide bonds. The number of nitrogens with zero attached hydrogens (tertiary/aromatic N) is 4. The van der Waals surface area contributed by atoms with Crippen LogP contribution in [-0.2, 0) is 11.0 Å². The molecule has 5 nitrogen and oxygen atoms in total. The number of alkyl halides is 3. The summed E-state index contributed by atoms with van der Waals surface area (Å²) in [6.07, 6.45) is 1.43. The number of piperazine rings is 1. The largest absolute Gasteiger partial charge is 0.433 e. The van der Waals surface area contributed by atoms with E-state index in [9.17, 15) is 18.0 Å². The van der Waals surface area contributed by atoms with E-state index < -0.39 is 11.9 Å². The average Bonchev–Trinajstić information content (AvgIpc) is 3.18. The first-order valence-corrected chi connectivity index (χ1v) is 11.5. The highest BCUT2D eigenvalue weighted by molar-refractivity contribution is 8.77. The molecule has 0 bridgehead atoms. The van der Waals surface area contributed by atoms with E-state index >= 15 is 0 Å². The van der Waals surface area contributed by atoms with Gasteiger partial charge < -0.3 is 9.80 Å². The highest BCUT2D eigenvalue weighted by Gasteiger charge is 2.33. The van der Waals surface area contributed by atoms with Crippen molar-refractivity contribution >= 4 is 33.3 Å². The van der Waals surface area contributed by atoms with Crippen LogP contribution < -0.4 is 4.90 Å². The number of anilines is 1. The molecule has 0 radical (unpaired) electrons. The SMILES string of the molecule is O=C(CCCC[C@@H]1CCSS1)N1CCN(c2cc(C(F)(F)F)ncn2)CC1. The van der Waals surface area contributed by atoms with Crippen molar-refractivity contribution in [3.05, 3.63) is 18.1 Å². The Morgan fingerprint density at radius 3 is 2.63 bits per heavy atom. The van der Waals surface area contributed by atoms with E-state index in [2.05, 4.69) is 9.97 Å². The standard InChI is InChI=1S/C17H23F3N4OS2/c18-17(19,20)14-11-15(22-12-21-14)23-6-8-24(9-7-23)16(25)4-2-1-3-13-5-10-26-27-13/h11-13H,1-10H2/t13-/m1/s1. The van der Waals surface area contributed by atoms with Crippen molar-refractivity contribution in [1.82, 2.24) is 14.9 Å². The van der Waals surface area contributed by atoms with Crippen molar-refractivity contribution in [3.63, 3.8) is 0 Å². The van der Waals surface area contributed by atoms with Gasteiger partial charge in [-0.25, -0.2) is 9.97 Å². The fraction of sp³-hybridized carbons (Fsp3) is 0.706. The van der Waals surface area contributed by atoms with E-state index in [1.165, 1.54) is 18.6 Å². The number of amides is 1. The van der Waals surface area contributed by atoms with Crippen LogP contribution >= 0.6 is 21.6 Å². The number of hydrogen-bond acceptors (Lipinski definition) is 6. The van der Waals surface area contributed by atoms with Gasteiger partial charge in [0.05, 0.1) is 0 Å². The second-order valence-corrected chi connectivity index (χ2v) is 9.49. The van der Waals surface area contributed by atoms with Crippen LogP contribution in [0, 0.1) is 0 Å². The van der Waals surface area contributed by atoms with E-state index in [1.807, 2.05) is 26.5 Å². The summed E-state index contributed by atoms with van der Waals surface area (Å²) >= 11 is 0. The molecule has 2 aliphatic heterocycles. The molecule has 0 aromatic carbocycles. The third-order valence-electron chi connectivity index (χ3n) is 4.79. The third kappa shape index (κ3) is 5.91. The highest BCUT2D eigenvalue weighted by atomic mass is 33.1. The minimum Gasteiger partial charge on any atom is -0.353 e. The maximum atomic E-state index is 12.8. The van der Waals surface area contributed by atoms with Gasteiger partial charge in [-0.15, -0.1) is 0 Å². The molecule has 0 saturated carbocycles. The summed E-state index contributed by atoms with van der Waals surface area (Å²) in [6.45, 7) is 1.99. The van der Waals surface area contributed by atoms with Crippen LogP contribution in [0.3, 0.4) is 0 Å². The fourth-order valence-corrected chi connectivity index (χ4v) is 6.26. The second-order valence-electron chi connectivity index (χ2n) is 6.70. The van der Waals surface area contributed by atoms with E-state index in [0.29, 0.717) is 32.6 Å². The molecule has 10 heteroatoms. The Hall–Kier alpha value is -1.16. The Bertz CT molecular complexity index is 633. The summed E-state index contributed by atoms with van der Waals surface area (Å²) in [5.74, 6) is 1.63. The lowest BCUT2D eigenvalue weighted by Crippen LogP contribution is -2.49. The van der Waals surface area contributed by atoms with Crippen molar-refractivity contribution in [2.45, 2.75) is 43.5 Å². The molecule has 0 aliphatic carbocycles. The maximum Gasteiger partial charge on any atom is 0.433 e. The first-order valence-electron chi connectivity index (χ1n) is 9.14. The number of rotatable bonds is 6. The zero-order valence-corrected chi connectivity index (χ0v) is 16.6. The molecule has 0 unspecified atom stereocenters. The van der Waals surface area contributed by atoms with Gasteiger partial charge in [0, 0.05) is 49.7 Å². The maximum absolute atomic E-state index is 12.8. The van der Waals surface area contributed by atoms with Crippen molar-refractivity contribution in [1.29, 1.82) is 0 Å². The molecule has 150 valence electrons. The van der Waals surface area contributed by atoms with Crippen molar-refractivity contribution in [2.75, 3.05) is 36.8 Å². The minimum atomic E-state index is -4.48. The van der Waals surface area contributed by atoms with Crippen molar-refractivity contribution in [2.24, 2.45) is 0 Å². The summed E-state index contributed by atoms with van der Waals surface area (Å²) < 4.78 is 38.4. The first-order chi connectivity index (χ1) is 12.9. The third-order valence-corrected chi connectivity index (χ3v) is 7.80. The zero-order chi connectivity index (χ0) is 19.3. The quantitative estimate of drug-likeness (QED) is 0.515. The van der Waals surface area contributed by atoms with Gasteiger partial charge in [-0.05, 0) is 19.3 Å².